The molecule has 16 nitrogen and oxygen atoms in total. The van der Waals surface area contributed by atoms with E-state index in [0.717, 1.165) is 31.7 Å². The lowest BCUT2D eigenvalue weighted by Gasteiger charge is -2.38. The van der Waals surface area contributed by atoms with Crippen molar-refractivity contribution in [1.29, 1.82) is 0 Å². The molecule has 0 unspecified atom stereocenters. The number of nitrogens with zero attached hydrogens (tertiary/aromatic N) is 2. The van der Waals surface area contributed by atoms with Crippen LogP contribution in [0.4, 0.5) is 11.4 Å². The zero-order valence-electron chi connectivity index (χ0n) is 40.7. The van der Waals surface area contributed by atoms with Gasteiger partial charge in [-0.25, -0.2) is 0 Å². The molecule has 3 aromatic carbocycles. The number of likely N-dealkylation sites (N-methyl/N-ethyl adjacent to an activating group) is 1. The van der Waals surface area contributed by atoms with E-state index in [4.69, 9.17) is 18.9 Å². The number of phenols is 2. The largest absolute Gasteiger partial charge is 0.507 e. The maximum Gasteiger partial charge on any atom is 0.312 e. The fourth-order valence-electron chi connectivity index (χ4n) is 9.81. The molecule has 9 atom stereocenters. The van der Waals surface area contributed by atoms with E-state index in [9.17, 15) is 34.8 Å². The van der Waals surface area contributed by atoms with E-state index in [-0.39, 0.29) is 51.2 Å². The molecule has 366 valence electrons. The minimum Gasteiger partial charge on any atom is -0.507 e. The molecule has 4 heterocycles. The van der Waals surface area contributed by atoms with Crippen LogP contribution in [0.5, 0.6) is 17.2 Å². The maximum absolute atomic E-state index is 14.8. The smallest absolute Gasteiger partial charge is 0.312 e. The fourth-order valence-corrected chi connectivity index (χ4v) is 9.81. The number of anilines is 2. The highest BCUT2D eigenvalue weighted by atomic mass is 16.7. The highest BCUT2D eigenvalue weighted by Crippen LogP contribution is 2.54. The van der Waals surface area contributed by atoms with Gasteiger partial charge in [-0.1, -0.05) is 58.1 Å². The van der Waals surface area contributed by atoms with Gasteiger partial charge in [0.25, 0.3) is 11.7 Å². The van der Waals surface area contributed by atoms with Gasteiger partial charge >= 0.3 is 11.8 Å². The molecular weight excluding hydrogens is 871 g/mol. The molecule has 3 aliphatic rings. The summed E-state index contributed by atoms with van der Waals surface area (Å²) < 4.78 is 24.1. The molecule has 4 aromatic rings. The lowest BCUT2D eigenvalue weighted by atomic mass is 9.78. The van der Waals surface area contributed by atoms with Gasteiger partial charge in [-0.15, -0.1) is 0 Å². The molecule has 0 spiro atoms. The van der Waals surface area contributed by atoms with Crippen LogP contribution in [-0.4, -0.2) is 119 Å². The van der Waals surface area contributed by atoms with Crippen molar-refractivity contribution >= 4 is 50.7 Å². The van der Waals surface area contributed by atoms with Gasteiger partial charge in [-0.2, -0.15) is 0 Å². The lowest BCUT2D eigenvalue weighted by Crippen LogP contribution is -2.46. The summed E-state index contributed by atoms with van der Waals surface area (Å²) in [5.41, 5.74) is 3.74. The topological polar surface area (TPSA) is 215 Å². The first-order chi connectivity index (χ1) is 32.3. The maximum atomic E-state index is 14.8. The van der Waals surface area contributed by atoms with Gasteiger partial charge in [0.15, 0.2) is 5.75 Å². The van der Waals surface area contributed by atoms with Gasteiger partial charge in [-0.05, 0) is 50.2 Å². The van der Waals surface area contributed by atoms with Crippen LogP contribution in [0.1, 0.15) is 75.5 Å². The summed E-state index contributed by atoms with van der Waals surface area (Å²) in [6.45, 7) is 17.7. The van der Waals surface area contributed by atoms with Crippen LogP contribution in [0.2, 0.25) is 0 Å². The number of H-pyrrole nitrogens is 1. The van der Waals surface area contributed by atoms with Crippen molar-refractivity contribution in [2.45, 2.75) is 98.7 Å². The van der Waals surface area contributed by atoms with Crippen LogP contribution < -0.4 is 20.3 Å². The number of amides is 1. The Balaban J connectivity index is 1.31. The Morgan fingerprint density at radius 3 is 2.26 bits per heavy atom. The Morgan fingerprint density at radius 2 is 1.60 bits per heavy atom. The highest BCUT2D eigenvalue weighted by Gasteiger charge is 2.49. The second kappa shape index (κ2) is 20.4. The number of carbonyl (C=O) groups is 3. The number of carbonyl (C=O) groups excluding carboxylic acids is 3. The van der Waals surface area contributed by atoms with Crippen LogP contribution in [0.25, 0.3) is 21.7 Å². The molecule has 68 heavy (non-hydrogen) atoms. The Labute approximate surface area is 397 Å². The monoisotopic (exact) mass is 937 g/mol. The normalized spacial score (nSPS) is 27.6. The summed E-state index contributed by atoms with van der Waals surface area (Å²) in [5, 5.41) is 54.1. The number of hydrogen-bond donors (Lipinski definition) is 7. The highest BCUT2D eigenvalue weighted by molar-refractivity contribution is 6.29. The van der Waals surface area contributed by atoms with E-state index in [1.165, 1.54) is 32.9 Å². The van der Waals surface area contributed by atoms with E-state index < -0.39 is 77.3 Å². The zero-order valence-corrected chi connectivity index (χ0v) is 40.7. The molecular formula is C52H67N5O11. The molecule has 0 saturated carbocycles. The summed E-state index contributed by atoms with van der Waals surface area (Å²) in [6, 6.07) is 8.44. The Hall–Kier alpha value is -5.91. The minimum atomic E-state index is -1.96. The number of aromatic hydroxyl groups is 2. The lowest BCUT2D eigenvalue weighted by molar-refractivity contribution is -0.160. The number of fused-ring (bicyclic) bond motifs is 1. The number of aromatic amines is 1. The quantitative estimate of drug-likeness (QED) is 0.0771. The number of piperazine rings is 1. The van der Waals surface area contributed by atoms with Crippen molar-refractivity contribution in [2.24, 2.45) is 23.7 Å². The predicted molar refractivity (Wildman–Crippen MR) is 261 cm³/mol. The van der Waals surface area contributed by atoms with Crippen molar-refractivity contribution < 1.29 is 53.8 Å². The number of nitrogens with one attached hydrogen (secondary N) is 3. The number of rotatable bonds is 7. The van der Waals surface area contributed by atoms with E-state index in [2.05, 4.69) is 56.7 Å². The number of aliphatic hydroxyl groups excluding tert-OH is 2. The first-order valence-electron chi connectivity index (χ1n) is 23.4. The number of phenolic OH excluding ortho intramolecular Hbond substituents is 2. The number of benzene rings is 3. The molecule has 7 rings (SSSR count). The standard InChI is InChI=1S/C52H67N5O11/c1-27-12-11-13-28(2)51(64)55-43-38-35(25-53-24-34-14-16-36(17-15-34)57-21-19-56(9)20-22-57)26-54-42(38)39-40(47(43)62)46(61)32(6)49-41(39)50(63)52(8,68-49)66-23-18-37(65-10)29(3)48(67-33(7)58)31(5)45(60)30(4)44(27)59/h11-18,23,26-27,29-31,37,44-45,48,53-54,59-62H,19-22,24-25H2,1-10H3,(H,55,64)/t27-,29+,30+,31+,37-,44-,45+,48+,52-/m0/s1. The number of ether oxygens (including phenoxy) is 4. The predicted octanol–water partition coefficient (Wildman–Crippen LogP) is 6.57. The SMILES string of the molecule is CO[C@H]1C=CO[C@@]2(C)Oc3c(C)c(O)c4c(O)c(c5c(CNCc6ccc(N7CCN(C)CC7)cc6)c[nH]c5c4c3C2=O)NC(=O)C(C)=CC=C[C@H](C)[C@H](O)[C@@H](C)[C@@H](O)[C@@H](C)[C@H](OC(C)=O)[C@@H]1C. The van der Waals surface area contributed by atoms with Gasteiger partial charge in [0.2, 0.25) is 0 Å². The second-order valence-electron chi connectivity index (χ2n) is 19.0. The van der Waals surface area contributed by atoms with Crippen molar-refractivity contribution in [3.63, 3.8) is 0 Å². The van der Waals surface area contributed by atoms with Gasteiger partial charge in [-0.3, -0.25) is 14.4 Å². The third-order valence-corrected chi connectivity index (χ3v) is 14.2. The van der Waals surface area contributed by atoms with E-state index in [1.807, 2.05) is 0 Å². The molecule has 0 radical (unpaired) electrons. The Kier molecular flexibility index (Phi) is 15.0. The minimum absolute atomic E-state index is 0.0220. The number of ketones is 1. The zero-order chi connectivity index (χ0) is 49.4. The van der Waals surface area contributed by atoms with Gasteiger partial charge in [0.05, 0.1) is 46.7 Å². The summed E-state index contributed by atoms with van der Waals surface area (Å²) in [7, 11) is 3.60. The molecule has 1 aromatic heterocycles. The molecule has 7 N–H and O–H groups in total. The number of esters is 1. The Bertz CT molecular complexity index is 2630. The average Bonchev–Trinajstić information content (AvgIpc) is 3.85. The second-order valence-corrected chi connectivity index (χ2v) is 19.0. The molecule has 0 aliphatic carbocycles. The van der Waals surface area contributed by atoms with Gasteiger partial charge in [0, 0.05) is 118 Å². The number of Topliss-reactive ketones (excluding diaryl/α,β-unsaturated/α-hetero) is 1. The van der Waals surface area contributed by atoms with Crippen molar-refractivity contribution in [2.75, 3.05) is 50.6 Å². The summed E-state index contributed by atoms with van der Waals surface area (Å²) in [5.74, 6) is -6.85. The van der Waals surface area contributed by atoms with Crippen LogP contribution in [0.3, 0.4) is 0 Å². The number of methoxy groups -OCH3 is 1. The van der Waals surface area contributed by atoms with E-state index in [0.29, 0.717) is 23.0 Å². The molecule has 16 heteroatoms. The fraction of sp³-hybridized carbons (Fsp3) is 0.481. The molecule has 1 amide bonds. The van der Waals surface area contributed by atoms with Crippen molar-refractivity contribution in [3.8, 4) is 17.2 Å². The first-order valence-corrected chi connectivity index (χ1v) is 23.4. The van der Waals surface area contributed by atoms with Crippen LogP contribution >= 0.6 is 0 Å². The number of aliphatic hydroxyl groups is 2. The van der Waals surface area contributed by atoms with Crippen LogP contribution in [-0.2, 0) is 36.9 Å². The summed E-state index contributed by atoms with van der Waals surface area (Å²) in [6.07, 6.45) is 5.70. The van der Waals surface area contributed by atoms with Crippen LogP contribution in [0, 0.1) is 30.6 Å². The van der Waals surface area contributed by atoms with E-state index in [1.54, 1.807) is 72.0 Å². The van der Waals surface area contributed by atoms with Gasteiger partial charge < -0.3 is 64.8 Å². The number of allylic oxidation sites excluding steroid dienone is 2. The summed E-state index contributed by atoms with van der Waals surface area (Å²) in [4.78, 5) is 49.3. The number of aromatic nitrogens is 1. The summed E-state index contributed by atoms with van der Waals surface area (Å²) >= 11 is 0. The first kappa shape index (κ1) is 50.0. The van der Waals surface area contributed by atoms with Crippen molar-refractivity contribution in [3.05, 3.63) is 88.9 Å². The molecule has 4 bridgehead atoms. The third-order valence-electron chi connectivity index (χ3n) is 14.2. The Morgan fingerprint density at radius 1 is 0.912 bits per heavy atom. The van der Waals surface area contributed by atoms with Crippen molar-refractivity contribution in [1.82, 2.24) is 15.2 Å². The third kappa shape index (κ3) is 9.70. The molecule has 3 aliphatic heterocycles. The average molecular weight is 938 g/mol. The van der Waals surface area contributed by atoms with Crippen LogP contribution in [0.15, 0.2) is 66.6 Å². The molecule has 1 saturated heterocycles. The molecule has 1 fully saturated rings. The number of hydrogen-bond acceptors (Lipinski definition) is 14. The van der Waals surface area contributed by atoms with Gasteiger partial charge in [0.1, 0.15) is 17.6 Å². The van der Waals surface area contributed by atoms with E-state index >= 15 is 0 Å².